The second-order valence-corrected chi connectivity index (χ2v) is 8.05. The maximum Gasteiger partial charge on any atom is 0.109 e. The van der Waals surface area contributed by atoms with Gasteiger partial charge in [0.15, 0.2) is 0 Å². The second kappa shape index (κ2) is 4.26. The van der Waals surface area contributed by atoms with E-state index in [0.717, 1.165) is 12.5 Å². The zero-order valence-corrected chi connectivity index (χ0v) is 12.9. The molecular weight excluding hydrogens is 225 g/mol. The van der Waals surface area contributed by atoms with Crippen molar-refractivity contribution in [1.29, 1.82) is 0 Å². The Hall–Kier alpha value is -0.0451. The van der Waals surface area contributed by atoms with Crippen LogP contribution >= 0.6 is 12.2 Å². The third-order valence-electron chi connectivity index (χ3n) is 5.02. The molecule has 2 aliphatic rings. The predicted molar refractivity (Wildman–Crippen MR) is 81.4 cm³/mol. The molecular formula is C14H26BNS. The predicted octanol–water partition coefficient (Wildman–Crippen LogP) is 2.90. The summed E-state index contributed by atoms with van der Waals surface area (Å²) in [4.78, 5) is 3.54. The Balaban J connectivity index is 2.29. The first-order valence-electron chi connectivity index (χ1n) is 6.98. The van der Waals surface area contributed by atoms with Gasteiger partial charge in [0.1, 0.15) is 7.85 Å². The number of hydrogen-bond donors (Lipinski definition) is 0. The van der Waals surface area contributed by atoms with E-state index in [4.69, 9.17) is 12.2 Å². The van der Waals surface area contributed by atoms with Crippen LogP contribution in [-0.2, 0) is 0 Å². The first-order valence-corrected chi connectivity index (χ1v) is 7.39. The Bertz CT molecular complexity index is 324. The van der Waals surface area contributed by atoms with Crippen molar-refractivity contribution in [3.63, 3.8) is 0 Å². The molecule has 0 bridgehead atoms. The Labute approximate surface area is 113 Å². The maximum absolute atomic E-state index is 5.69. The summed E-state index contributed by atoms with van der Waals surface area (Å²) < 4.78 is 0. The van der Waals surface area contributed by atoms with Crippen LogP contribution in [0.5, 0.6) is 0 Å². The Morgan fingerprint density at radius 3 is 2.59 bits per heavy atom. The molecule has 3 heteroatoms. The molecule has 3 atom stereocenters. The van der Waals surface area contributed by atoms with Crippen molar-refractivity contribution in [1.82, 2.24) is 4.90 Å². The van der Waals surface area contributed by atoms with Crippen molar-refractivity contribution >= 4 is 25.1 Å². The van der Waals surface area contributed by atoms with Crippen LogP contribution in [0, 0.1) is 17.3 Å². The molecule has 2 fully saturated rings. The molecule has 1 heterocycles. The molecule has 1 nitrogen and oxygen atoms in total. The summed E-state index contributed by atoms with van der Waals surface area (Å²) in [6.07, 6.45) is 5.29. The summed E-state index contributed by atoms with van der Waals surface area (Å²) in [7, 11) is 4.60. The van der Waals surface area contributed by atoms with E-state index < -0.39 is 0 Å². The van der Waals surface area contributed by atoms with Gasteiger partial charge in [-0.05, 0) is 30.6 Å². The first-order chi connectivity index (χ1) is 7.73. The van der Waals surface area contributed by atoms with Gasteiger partial charge in [0, 0.05) is 19.5 Å². The quantitative estimate of drug-likeness (QED) is 0.481. The van der Waals surface area contributed by atoms with Crippen LogP contribution in [0.15, 0.2) is 0 Å². The third-order valence-corrected chi connectivity index (χ3v) is 5.64. The Kier molecular flexibility index (Phi) is 3.35. The standard InChI is InChI=1S/C14H26BNS/c1-13(2)9-14(3,15)7-5-10-11(13)6-8-16(4)12(10)17/h10-11H,5-9,15H2,1-4H3/t10?,11?,14-/m0/s1. The second-order valence-electron chi connectivity index (χ2n) is 7.63. The van der Waals surface area contributed by atoms with Gasteiger partial charge in [0.2, 0.25) is 0 Å². The molecule has 0 amide bonds. The van der Waals surface area contributed by atoms with E-state index in [9.17, 15) is 0 Å². The molecule has 0 radical (unpaired) electrons. The maximum atomic E-state index is 5.69. The zero-order chi connectivity index (χ0) is 12.8. The minimum absolute atomic E-state index is 0.440. The largest absolute Gasteiger partial charge is 0.369 e. The molecule has 2 unspecified atom stereocenters. The van der Waals surface area contributed by atoms with Gasteiger partial charge in [-0.15, -0.1) is 0 Å². The number of piperidine rings is 1. The van der Waals surface area contributed by atoms with E-state index in [1.165, 1.54) is 30.7 Å². The van der Waals surface area contributed by atoms with E-state index in [1.54, 1.807) is 0 Å². The summed E-state index contributed by atoms with van der Waals surface area (Å²) in [5, 5.41) is 0.481. The molecule has 1 saturated carbocycles. The molecule has 2 rings (SSSR count). The zero-order valence-electron chi connectivity index (χ0n) is 12.0. The van der Waals surface area contributed by atoms with Crippen molar-refractivity contribution in [3.05, 3.63) is 0 Å². The number of fused-ring (bicyclic) bond motifs is 1. The van der Waals surface area contributed by atoms with E-state index in [0.29, 0.717) is 16.6 Å². The molecule has 0 aromatic carbocycles. The third kappa shape index (κ3) is 2.54. The number of nitrogens with zero attached hydrogens (tertiary/aromatic N) is 1. The molecule has 1 saturated heterocycles. The summed E-state index contributed by atoms with van der Waals surface area (Å²) in [6, 6.07) is 0. The monoisotopic (exact) mass is 251 g/mol. The fourth-order valence-corrected chi connectivity index (χ4v) is 4.73. The van der Waals surface area contributed by atoms with E-state index >= 15 is 0 Å². The van der Waals surface area contributed by atoms with Crippen LogP contribution in [0.4, 0.5) is 0 Å². The number of rotatable bonds is 0. The molecule has 0 aromatic heterocycles. The normalized spacial score (nSPS) is 41.9. The van der Waals surface area contributed by atoms with Gasteiger partial charge < -0.3 is 4.90 Å². The smallest absolute Gasteiger partial charge is 0.109 e. The molecule has 0 aromatic rings. The minimum Gasteiger partial charge on any atom is -0.369 e. The lowest BCUT2D eigenvalue weighted by Gasteiger charge is -2.45. The van der Waals surface area contributed by atoms with Crippen molar-refractivity contribution in [2.45, 2.75) is 51.8 Å². The summed E-state index contributed by atoms with van der Waals surface area (Å²) in [5.74, 6) is 1.45. The van der Waals surface area contributed by atoms with Crippen LogP contribution in [0.25, 0.3) is 0 Å². The van der Waals surface area contributed by atoms with Crippen LogP contribution in [-0.4, -0.2) is 31.3 Å². The Morgan fingerprint density at radius 2 is 1.94 bits per heavy atom. The summed E-state index contributed by atoms with van der Waals surface area (Å²) in [5.41, 5.74) is 0.440. The van der Waals surface area contributed by atoms with Gasteiger partial charge in [-0.3, -0.25) is 0 Å². The highest BCUT2D eigenvalue weighted by molar-refractivity contribution is 7.80. The molecule has 17 heavy (non-hydrogen) atoms. The molecule has 96 valence electrons. The average molecular weight is 251 g/mol. The van der Waals surface area contributed by atoms with E-state index in [2.05, 4.69) is 40.6 Å². The van der Waals surface area contributed by atoms with Gasteiger partial charge in [-0.25, -0.2) is 0 Å². The van der Waals surface area contributed by atoms with Crippen molar-refractivity contribution in [2.24, 2.45) is 17.3 Å². The molecule has 0 spiro atoms. The summed E-state index contributed by atoms with van der Waals surface area (Å²) in [6.45, 7) is 8.51. The Morgan fingerprint density at radius 1 is 1.29 bits per heavy atom. The van der Waals surface area contributed by atoms with Gasteiger partial charge in [-0.1, -0.05) is 44.7 Å². The number of hydrogen-bond acceptors (Lipinski definition) is 1. The van der Waals surface area contributed by atoms with Gasteiger partial charge in [-0.2, -0.15) is 0 Å². The fraction of sp³-hybridized carbons (Fsp3) is 0.929. The molecule has 1 aliphatic heterocycles. The van der Waals surface area contributed by atoms with Gasteiger partial charge in [0.05, 0.1) is 4.99 Å². The van der Waals surface area contributed by atoms with Crippen LogP contribution in [0.3, 0.4) is 0 Å². The lowest BCUT2D eigenvalue weighted by molar-refractivity contribution is 0.123. The van der Waals surface area contributed by atoms with Crippen molar-refractivity contribution in [2.75, 3.05) is 13.6 Å². The highest BCUT2D eigenvalue weighted by Crippen LogP contribution is 2.54. The first kappa shape index (κ1) is 13.4. The van der Waals surface area contributed by atoms with Crippen LogP contribution in [0.2, 0.25) is 5.31 Å². The van der Waals surface area contributed by atoms with Crippen molar-refractivity contribution < 1.29 is 0 Å². The SMILES string of the molecule is B[C@@]1(C)CCC2C(=S)N(C)CCC2C(C)(C)C1. The van der Waals surface area contributed by atoms with Crippen LogP contribution < -0.4 is 0 Å². The minimum atomic E-state index is 0.440. The highest BCUT2D eigenvalue weighted by Gasteiger charge is 2.46. The van der Waals surface area contributed by atoms with E-state index in [1.807, 2.05) is 0 Å². The number of likely N-dealkylation sites (tertiary alicyclic amines) is 1. The van der Waals surface area contributed by atoms with Gasteiger partial charge in [0.25, 0.3) is 0 Å². The lowest BCUT2D eigenvalue weighted by atomic mass is 9.59. The average Bonchev–Trinajstić information content (AvgIpc) is 2.26. The number of thiocarbonyl (C=S) groups is 1. The topological polar surface area (TPSA) is 3.24 Å². The molecule has 0 N–H and O–H groups in total. The van der Waals surface area contributed by atoms with E-state index in [-0.39, 0.29) is 0 Å². The molecule has 1 aliphatic carbocycles. The lowest BCUT2D eigenvalue weighted by Crippen LogP contribution is -2.46. The fourth-order valence-electron chi connectivity index (χ4n) is 4.36. The van der Waals surface area contributed by atoms with Gasteiger partial charge >= 0.3 is 0 Å². The highest BCUT2D eigenvalue weighted by atomic mass is 32.1. The summed E-state index contributed by atoms with van der Waals surface area (Å²) >= 11 is 5.69. The van der Waals surface area contributed by atoms with Crippen molar-refractivity contribution in [3.8, 4) is 0 Å². The van der Waals surface area contributed by atoms with Crippen LogP contribution in [0.1, 0.15) is 46.5 Å².